The molecule has 0 aliphatic carbocycles. The molecule has 0 spiro atoms. The van der Waals surface area contributed by atoms with Crippen molar-refractivity contribution in [1.29, 1.82) is 0 Å². The standard InChI is InChI=1S/2C4H9.BrH.Pt/c2*1-3-4-2;;/h2*1,3-4H2,2H3;1H;/q;;;+1/p-1. The van der Waals surface area contributed by atoms with Gasteiger partial charge in [-0.1, -0.05) is 0 Å². The van der Waals surface area contributed by atoms with Crippen LogP contribution in [0, 0.1) is 0 Å². The SMILES string of the molecule is CCC[CH2][Pt]([Br])[CH2]CCC. The maximum absolute atomic E-state index is 3.84. The summed E-state index contributed by atoms with van der Waals surface area (Å²) in [6, 6.07) is 0. The van der Waals surface area contributed by atoms with E-state index in [-0.39, 0.29) is 0 Å². The van der Waals surface area contributed by atoms with Crippen LogP contribution in [-0.2, 0) is 15.3 Å². The van der Waals surface area contributed by atoms with E-state index in [2.05, 4.69) is 27.1 Å². The summed E-state index contributed by atoms with van der Waals surface area (Å²) in [5, 5.41) is 0. The van der Waals surface area contributed by atoms with Gasteiger partial charge < -0.3 is 0 Å². The second kappa shape index (κ2) is 8.27. The Bertz CT molecular complexity index is 58.3. The first-order valence-electron chi connectivity index (χ1n) is 3.98. The summed E-state index contributed by atoms with van der Waals surface area (Å²) < 4.78 is 0. The molecular weight excluding hydrogens is 371 g/mol. The summed E-state index contributed by atoms with van der Waals surface area (Å²) in [6.07, 6.45) is 5.62. The van der Waals surface area contributed by atoms with Gasteiger partial charge in [0.05, 0.1) is 0 Å². The van der Waals surface area contributed by atoms with Crippen molar-refractivity contribution in [3.63, 3.8) is 0 Å². The fraction of sp³-hybridized carbons (Fsp3) is 1.00. The second-order valence-electron chi connectivity index (χ2n) is 2.35. The molecule has 0 aromatic heterocycles. The van der Waals surface area contributed by atoms with Crippen LogP contribution in [0.5, 0.6) is 0 Å². The van der Waals surface area contributed by atoms with Gasteiger partial charge in [-0.2, -0.15) is 0 Å². The van der Waals surface area contributed by atoms with E-state index in [1.807, 2.05) is 0 Å². The van der Waals surface area contributed by atoms with Gasteiger partial charge in [-0.3, -0.25) is 0 Å². The predicted molar refractivity (Wildman–Crippen MR) is 48.4 cm³/mol. The van der Waals surface area contributed by atoms with Gasteiger partial charge in [-0.15, -0.1) is 0 Å². The van der Waals surface area contributed by atoms with Crippen LogP contribution < -0.4 is 0 Å². The molecule has 0 radical (unpaired) electrons. The molecular formula is C8H18BrPt. The van der Waals surface area contributed by atoms with Crippen molar-refractivity contribution >= 4 is 13.3 Å². The molecule has 67 valence electrons. The number of halogens is 1. The average molecular weight is 389 g/mol. The van der Waals surface area contributed by atoms with Gasteiger partial charge in [0.15, 0.2) is 0 Å². The van der Waals surface area contributed by atoms with E-state index in [0.29, 0.717) is 0 Å². The van der Waals surface area contributed by atoms with E-state index in [1.165, 1.54) is 35.3 Å². The van der Waals surface area contributed by atoms with Crippen LogP contribution in [0.25, 0.3) is 0 Å². The third-order valence-electron chi connectivity index (χ3n) is 1.27. The van der Waals surface area contributed by atoms with Crippen LogP contribution in [-0.4, -0.2) is 0 Å². The maximum atomic E-state index is 3.84. The fourth-order valence-electron chi connectivity index (χ4n) is 0.545. The zero-order valence-electron chi connectivity index (χ0n) is 6.94. The van der Waals surface area contributed by atoms with Gasteiger partial charge in [-0.25, -0.2) is 0 Å². The van der Waals surface area contributed by atoms with Crippen LogP contribution in [0.15, 0.2) is 0 Å². The third kappa shape index (κ3) is 7.28. The topological polar surface area (TPSA) is 0 Å². The number of rotatable bonds is 6. The molecule has 0 amide bonds. The zero-order valence-corrected chi connectivity index (χ0v) is 10.8. The number of unbranched alkanes of at least 4 members (excludes halogenated alkanes) is 2. The molecule has 2 heteroatoms. The van der Waals surface area contributed by atoms with E-state index < -0.39 is 15.3 Å². The van der Waals surface area contributed by atoms with Crippen molar-refractivity contribution in [2.24, 2.45) is 0 Å². The van der Waals surface area contributed by atoms with Gasteiger partial charge in [0.2, 0.25) is 0 Å². The van der Waals surface area contributed by atoms with E-state index in [0.717, 1.165) is 0 Å². The Kier molecular flexibility index (Phi) is 9.23. The minimum atomic E-state index is -0.586. The van der Waals surface area contributed by atoms with Crippen LogP contribution in [0.4, 0.5) is 0 Å². The van der Waals surface area contributed by atoms with Crippen molar-refractivity contribution in [3.8, 4) is 0 Å². The Balaban J connectivity index is 3.00. The van der Waals surface area contributed by atoms with Crippen LogP contribution in [0.3, 0.4) is 0 Å². The van der Waals surface area contributed by atoms with Crippen LogP contribution in [0.1, 0.15) is 39.5 Å². The molecule has 10 heavy (non-hydrogen) atoms. The van der Waals surface area contributed by atoms with E-state index in [9.17, 15) is 0 Å². The summed E-state index contributed by atoms with van der Waals surface area (Å²) in [5.41, 5.74) is 0. The molecule has 0 aromatic carbocycles. The van der Waals surface area contributed by atoms with Gasteiger partial charge in [0, 0.05) is 0 Å². The van der Waals surface area contributed by atoms with Crippen LogP contribution in [0.2, 0.25) is 9.62 Å². The fourth-order valence-corrected chi connectivity index (χ4v) is 7.37. The molecule has 0 aliphatic heterocycles. The first kappa shape index (κ1) is 11.2. The Hall–Kier alpha value is 1.17. The molecule has 0 unspecified atom stereocenters. The predicted octanol–water partition coefficient (Wildman–Crippen LogP) is 4.35. The molecule has 0 atom stereocenters. The van der Waals surface area contributed by atoms with E-state index >= 15 is 0 Å². The summed E-state index contributed by atoms with van der Waals surface area (Å²) in [4.78, 5) is 3.03. The van der Waals surface area contributed by atoms with Crippen molar-refractivity contribution < 1.29 is 15.3 Å². The molecule has 0 N–H and O–H groups in total. The first-order valence-corrected chi connectivity index (χ1v) is 12.2. The number of hydrogen-bond acceptors (Lipinski definition) is 0. The molecule has 0 aromatic rings. The summed E-state index contributed by atoms with van der Waals surface area (Å²) in [7, 11) is 0. The van der Waals surface area contributed by atoms with E-state index in [4.69, 9.17) is 0 Å². The van der Waals surface area contributed by atoms with Crippen molar-refractivity contribution in [2.45, 2.75) is 49.2 Å². The van der Waals surface area contributed by atoms with Gasteiger partial charge >= 0.3 is 77.7 Å². The van der Waals surface area contributed by atoms with Gasteiger partial charge in [0.1, 0.15) is 0 Å². The van der Waals surface area contributed by atoms with Crippen molar-refractivity contribution in [1.82, 2.24) is 0 Å². The summed E-state index contributed by atoms with van der Waals surface area (Å²) >= 11 is 3.25. The van der Waals surface area contributed by atoms with E-state index in [1.54, 1.807) is 0 Å². The second-order valence-corrected chi connectivity index (χ2v) is 12.8. The summed E-state index contributed by atoms with van der Waals surface area (Å²) in [6.45, 7) is 4.55. The minimum absolute atomic E-state index is 0.586. The van der Waals surface area contributed by atoms with Crippen LogP contribution >= 0.6 is 13.3 Å². The Morgan fingerprint density at radius 1 is 1.00 bits per heavy atom. The monoisotopic (exact) mass is 388 g/mol. The Labute approximate surface area is 77.5 Å². The number of hydrogen-bond donors (Lipinski definition) is 0. The Morgan fingerprint density at radius 3 is 1.70 bits per heavy atom. The molecule has 0 aliphatic rings. The molecule has 0 rings (SSSR count). The summed E-state index contributed by atoms with van der Waals surface area (Å²) in [5.74, 6) is 0. The molecule has 0 fully saturated rings. The average Bonchev–Trinajstić information content (AvgIpc) is 1.97. The molecule has 0 bridgehead atoms. The molecule has 0 heterocycles. The normalized spacial score (nSPS) is 11.7. The molecule has 0 nitrogen and oxygen atoms in total. The Morgan fingerprint density at radius 2 is 1.40 bits per heavy atom. The van der Waals surface area contributed by atoms with Crippen molar-refractivity contribution in [2.75, 3.05) is 0 Å². The molecule has 0 saturated carbocycles. The molecule has 0 saturated heterocycles. The first-order chi connectivity index (χ1) is 4.81. The quantitative estimate of drug-likeness (QED) is 0.634. The zero-order chi connectivity index (χ0) is 7.82. The van der Waals surface area contributed by atoms with Gasteiger partial charge in [-0.05, 0) is 0 Å². The van der Waals surface area contributed by atoms with Gasteiger partial charge in [0.25, 0.3) is 0 Å². The van der Waals surface area contributed by atoms with Crippen molar-refractivity contribution in [3.05, 3.63) is 0 Å². The third-order valence-corrected chi connectivity index (χ3v) is 9.45.